The molecule has 2 aliphatic heterocycles. The molecule has 7 heteroatoms. The molecule has 0 radical (unpaired) electrons. The maximum atomic E-state index is 12.3. The van der Waals surface area contributed by atoms with Gasteiger partial charge in [0.05, 0.1) is 12.0 Å². The van der Waals surface area contributed by atoms with E-state index in [1.165, 1.54) is 25.0 Å². The van der Waals surface area contributed by atoms with Crippen LogP contribution in [0, 0.1) is 5.92 Å². The molecular formula is C15H25N3O4. The second-order valence-electron chi connectivity index (χ2n) is 6.10. The van der Waals surface area contributed by atoms with E-state index in [-0.39, 0.29) is 24.4 Å². The molecule has 2 aliphatic rings. The van der Waals surface area contributed by atoms with Gasteiger partial charge in [-0.1, -0.05) is 39.0 Å². The van der Waals surface area contributed by atoms with E-state index >= 15 is 0 Å². The second-order valence-corrected chi connectivity index (χ2v) is 6.10. The lowest BCUT2D eigenvalue weighted by molar-refractivity contribution is -0.180. The molecule has 2 rings (SSSR count). The average molecular weight is 311 g/mol. The molecule has 2 heterocycles. The summed E-state index contributed by atoms with van der Waals surface area (Å²) in [5, 5.41) is 1.44. The molecule has 0 aromatic rings. The summed E-state index contributed by atoms with van der Waals surface area (Å²) in [6.07, 6.45) is 5.46. The van der Waals surface area contributed by atoms with Crippen LogP contribution in [0.2, 0.25) is 0 Å². The minimum absolute atomic E-state index is 0.0864. The summed E-state index contributed by atoms with van der Waals surface area (Å²) >= 11 is 0. The number of primary amides is 1. The molecular weight excluding hydrogens is 286 g/mol. The van der Waals surface area contributed by atoms with Gasteiger partial charge in [0.15, 0.2) is 6.10 Å². The molecule has 22 heavy (non-hydrogen) atoms. The number of amides is 3. The van der Waals surface area contributed by atoms with Gasteiger partial charge in [-0.05, 0) is 6.42 Å². The highest BCUT2D eigenvalue weighted by Crippen LogP contribution is 2.37. The quantitative estimate of drug-likeness (QED) is 0.518. The first-order chi connectivity index (χ1) is 10.5. The van der Waals surface area contributed by atoms with Crippen LogP contribution < -0.4 is 5.73 Å². The fraction of sp³-hybridized carbons (Fsp3) is 0.800. The average Bonchev–Trinajstić information content (AvgIpc) is 2.91. The normalized spacial score (nSPS) is 28.5. The standard InChI is InChI=1S/C15H25N3O4/c1-3-4-5-6-7-8-10-12-13(15(21)17(2)14(12)20)22-18(10)9-11(16)19/h10,12-13H,3-9H2,1-2H3,(H2,16,19). The minimum atomic E-state index is -0.794. The van der Waals surface area contributed by atoms with Gasteiger partial charge in [0.1, 0.15) is 6.54 Å². The van der Waals surface area contributed by atoms with Crippen LogP contribution in [0.15, 0.2) is 0 Å². The van der Waals surface area contributed by atoms with E-state index in [1.807, 2.05) is 0 Å². The van der Waals surface area contributed by atoms with Gasteiger partial charge in [-0.15, -0.1) is 0 Å². The van der Waals surface area contributed by atoms with Crippen molar-refractivity contribution in [3.8, 4) is 0 Å². The molecule has 0 spiro atoms. The van der Waals surface area contributed by atoms with Crippen LogP contribution in [-0.2, 0) is 19.2 Å². The van der Waals surface area contributed by atoms with E-state index in [1.54, 1.807) is 0 Å². The zero-order chi connectivity index (χ0) is 16.3. The summed E-state index contributed by atoms with van der Waals surface area (Å²) in [5.74, 6) is -1.59. The summed E-state index contributed by atoms with van der Waals surface area (Å²) in [6, 6.07) is -0.250. The number of hydroxylamine groups is 2. The predicted octanol–water partition coefficient (Wildman–Crippen LogP) is 0.431. The highest BCUT2D eigenvalue weighted by molar-refractivity contribution is 6.07. The SMILES string of the molecule is CCCCCCCC1C2C(=O)N(C)C(=O)C2ON1CC(N)=O. The van der Waals surface area contributed by atoms with Gasteiger partial charge in [0.2, 0.25) is 11.8 Å². The number of carbonyl (C=O) groups excluding carboxylic acids is 3. The highest BCUT2D eigenvalue weighted by atomic mass is 16.7. The van der Waals surface area contributed by atoms with E-state index in [4.69, 9.17) is 10.6 Å². The zero-order valence-corrected chi connectivity index (χ0v) is 13.3. The molecule has 124 valence electrons. The number of hydrogen-bond donors (Lipinski definition) is 1. The summed E-state index contributed by atoms with van der Waals surface area (Å²) in [4.78, 5) is 42.2. The van der Waals surface area contributed by atoms with Crippen molar-refractivity contribution >= 4 is 17.7 Å². The molecule has 0 aromatic heterocycles. The topological polar surface area (TPSA) is 92.9 Å². The Hall–Kier alpha value is -1.47. The zero-order valence-electron chi connectivity index (χ0n) is 13.3. The van der Waals surface area contributed by atoms with E-state index in [9.17, 15) is 14.4 Å². The van der Waals surface area contributed by atoms with Crippen molar-refractivity contribution in [1.82, 2.24) is 9.96 Å². The number of rotatable bonds is 8. The largest absolute Gasteiger partial charge is 0.368 e. The molecule has 2 fully saturated rings. The van der Waals surface area contributed by atoms with Gasteiger partial charge in [0.25, 0.3) is 5.91 Å². The van der Waals surface area contributed by atoms with Crippen molar-refractivity contribution < 1.29 is 19.2 Å². The maximum Gasteiger partial charge on any atom is 0.261 e. The van der Waals surface area contributed by atoms with Crippen LogP contribution in [0.3, 0.4) is 0 Å². The Morgan fingerprint density at radius 3 is 2.50 bits per heavy atom. The Kier molecular flexibility index (Phi) is 5.52. The van der Waals surface area contributed by atoms with E-state index in [0.29, 0.717) is 0 Å². The van der Waals surface area contributed by atoms with Crippen molar-refractivity contribution in [3.05, 3.63) is 0 Å². The Morgan fingerprint density at radius 2 is 1.86 bits per heavy atom. The van der Waals surface area contributed by atoms with Crippen LogP contribution in [0.4, 0.5) is 0 Å². The fourth-order valence-electron chi connectivity index (χ4n) is 3.28. The lowest BCUT2D eigenvalue weighted by Crippen LogP contribution is -2.42. The first-order valence-corrected chi connectivity index (χ1v) is 8.00. The number of hydrogen-bond acceptors (Lipinski definition) is 5. The number of likely N-dealkylation sites (tertiary alicyclic amines) is 1. The van der Waals surface area contributed by atoms with Crippen molar-refractivity contribution in [1.29, 1.82) is 0 Å². The van der Waals surface area contributed by atoms with E-state index < -0.39 is 17.9 Å². The third-order valence-corrected chi connectivity index (χ3v) is 4.46. The molecule has 2 N–H and O–H groups in total. The van der Waals surface area contributed by atoms with Gasteiger partial charge in [-0.2, -0.15) is 5.06 Å². The van der Waals surface area contributed by atoms with Gasteiger partial charge >= 0.3 is 0 Å². The number of nitrogens with two attached hydrogens (primary N) is 1. The first-order valence-electron chi connectivity index (χ1n) is 8.00. The van der Waals surface area contributed by atoms with Crippen LogP contribution in [0.5, 0.6) is 0 Å². The highest BCUT2D eigenvalue weighted by Gasteiger charge is 2.57. The molecule has 0 aromatic carbocycles. The number of unbranched alkanes of at least 4 members (excludes halogenated alkanes) is 4. The Balaban J connectivity index is 2.02. The van der Waals surface area contributed by atoms with Gasteiger partial charge < -0.3 is 5.73 Å². The Bertz CT molecular complexity index is 454. The van der Waals surface area contributed by atoms with Crippen LogP contribution in [0.1, 0.15) is 45.4 Å². The third-order valence-electron chi connectivity index (χ3n) is 4.46. The molecule has 3 unspecified atom stereocenters. The maximum absolute atomic E-state index is 12.3. The molecule has 7 nitrogen and oxygen atoms in total. The van der Waals surface area contributed by atoms with Crippen molar-refractivity contribution in [2.24, 2.45) is 11.7 Å². The minimum Gasteiger partial charge on any atom is -0.368 e. The van der Waals surface area contributed by atoms with Crippen molar-refractivity contribution in [3.63, 3.8) is 0 Å². The smallest absolute Gasteiger partial charge is 0.261 e. The summed E-state index contributed by atoms with van der Waals surface area (Å²) in [7, 11) is 1.48. The summed E-state index contributed by atoms with van der Waals surface area (Å²) in [5.41, 5.74) is 5.23. The Labute approximate surface area is 130 Å². The van der Waals surface area contributed by atoms with Gasteiger partial charge in [-0.3, -0.25) is 24.1 Å². The summed E-state index contributed by atoms with van der Waals surface area (Å²) in [6.45, 7) is 2.07. The van der Waals surface area contributed by atoms with Gasteiger partial charge in [-0.25, -0.2) is 0 Å². The van der Waals surface area contributed by atoms with Crippen LogP contribution >= 0.6 is 0 Å². The van der Waals surface area contributed by atoms with Crippen molar-refractivity contribution in [2.45, 2.75) is 57.6 Å². The lowest BCUT2D eigenvalue weighted by atomic mass is 9.92. The monoisotopic (exact) mass is 311 g/mol. The number of imide groups is 1. The molecule has 3 amide bonds. The number of carbonyl (C=O) groups is 3. The van der Waals surface area contributed by atoms with E-state index in [0.717, 1.165) is 30.6 Å². The van der Waals surface area contributed by atoms with Crippen LogP contribution in [-0.4, -0.2) is 53.4 Å². The molecule has 0 bridgehead atoms. The number of fused-ring (bicyclic) bond motifs is 1. The fourth-order valence-corrected chi connectivity index (χ4v) is 3.28. The molecule has 0 saturated carbocycles. The lowest BCUT2D eigenvalue weighted by Gasteiger charge is -2.24. The number of likely N-dealkylation sites (N-methyl/N-ethyl adjacent to an activating group) is 1. The molecule has 2 saturated heterocycles. The second kappa shape index (κ2) is 7.19. The molecule has 0 aliphatic carbocycles. The Morgan fingerprint density at radius 1 is 1.18 bits per heavy atom. The predicted molar refractivity (Wildman–Crippen MR) is 79.2 cm³/mol. The first kappa shape index (κ1) is 16.9. The third kappa shape index (κ3) is 3.30. The van der Waals surface area contributed by atoms with E-state index in [2.05, 4.69) is 6.92 Å². The van der Waals surface area contributed by atoms with Crippen molar-refractivity contribution in [2.75, 3.05) is 13.6 Å². The van der Waals surface area contributed by atoms with Gasteiger partial charge in [0, 0.05) is 7.05 Å². The molecule has 3 atom stereocenters. The van der Waals surface area contributed by atoms with Crippen LogP contribution in [0.25, 0.3) is 0 Å². The number of nitrogens with zero attached hydrogens (tertiary/aromatic N) is 2. The summed E-state index contributed by atoms with van der Waals surface area (Å²) < 4.78 is 0.